The van der Waals surface area contributed by atoms with Crippen molar-refractivity contribution in [3.8, 4) is 0 Å². The van der Waals surface area contributed by atoms with Crippen molar-refractivity contribution in [2.24, 2.45) is 0 Å². The maximum absolute atomic E-state index is 10.8. The van der Waals surface area contributed by atoms with E-state index < -0.39 is 0 Å². The molecule has 1 radical (unpaired) electrons. The van der Waals surface area contributed by atoms with Crippen molar-refractivity contribution in [3.05, 3.63) is 12.2 Å². The predicted molar refractivity (Wildman–Crippen MR) is 46.3 cm³/mol. The van der Waals surface area contributed by atoms with Gasteiger partial charge in [-0.2, -0.15) is 0 Å². The molecule has 13 heavy (non-hydrogen) atoms. The van der Waals surface area contributed by atoms with Gasteiger partial charge in [-0.25, -0.2) is 9.68 Å². The molecule has 0 N–H and O–H groups in total. The van der Waals surface area contributed by atoms with E-state index in [1.807, 2.05) is 0 Å². The summed E-state index contributed by atoms with van der Waals surface area (Å²) in [6, 6.07) is 0. The number of hydrogen-bond donors (Lipinski definition) is 0. The van der Waals surface area contributed by atoms with Gasteiger partial charge in [-0.15, -0.1) is 0 Å². The molecule has 0 saturated carbocycles. The second kappa shape index (κ2) is 7.76. The minimum Gasteiger partial charge on any atom is -0.462 e. The average Bonchev–Trinajstić information content (AvgIpc) is 2.10. The van der Waals surface area contributed by atoms with E-state index >= 15 is 0 Å². The molecule has 0 fully saturated rings. The molecular formula is C9H15O4. The molecule has 0 atom stereocenters. The van der Waals surface area contributed by atoms with Crippen molar-refractivity contribution in [2.75, 3.05) is 13.2 Å². The normalized spacial score (nSPS) is 9.69. The van der Waals surface area contributed by atoms with Gasteiger partial charge in [0.2, 0.25) is 0 Å². The van der Waals surface area contributed by atoms with Gasteiger partial charge in [0.05, 0.1) is 13.2 Å². The molecule has 75 valence electrons. The van der Waals surface area contributed by atoms with E-state index in [2.05, 4.69) is 11.5 Å². The van der Waals surface area contributed by atoms with Crippen LogP contribution < -0.4 is 0 Å². The molecule has 0 spiro atoms. The first-order chi connectivity index (χ1) is 6.18. The first kappa shape index (κ1) is 12.1. The van der Waals surface area contributed by atoms with Gasteiger partial charge >= 0.3 is 5.97 Å². The molecule has 0 amide bonds. The molecule has 0 aromatic heterocycles. The summed E-state index contributed by atoms with van der Waals surface area (Å²) >= 11 is 0. The average molecular weight is 187 g/mol. The number of rotatable bonds is 7. The number of carbonyl (C=O) groups is 1. The Balaban J connectivity index is 3.16. The smallest absolute Gasteiger partial charge is 0.333 e. The molecule has 0 bridgehead atoms. The zero-order chi connectivity index (χ0) is 10.1. The van der Waals surface area contributed by atoms with Gasteiger partial charge in [-0.1, -0.05) is 6.58 Å². The van der Waals surface area contributed by atoms with Crippen LogP contribution in [0, 0.1) is 0 Å². The monoisotopic (exact) mass is 187 g/mol. The Morgan fingerprint density at radius 2 is 1.85 bits per heavy atom. The summed E-state index contributed by atoms with van der Waals surface area (Å²) < 4.78 is 4.83. The van der Waals surface area contributed by atoms with E-state index in [1.54, 1.807) is 6.92 Å². The SMILES string of the molecule is C=C(C)C(=O)OCCCCCO[O]. The highest BCUT2D eigenvalue weighted by Crippen LogP contribution is 1.98. The molecular weight excluding hydrogens is 172 g/mol. The van der Waals surface area contributed by atoms with E-state index in [4.69, 9.17) is 4.74 Å². The lowest BCUT2D eigenvalue weighted by molar-refractivity contribution is -0.303. The molecule has 0 aliphatic carbocycles. The number of ether oxygens (including phenoxy) is 1. The maximum atomic E-state index is 10.8. The van der Waals surface area contributed by atoms with Crippen LogP contribution in [0.4, 0.5) is 0 Å². The van der Waals surface area contributed by atoms with Gasteiger partial charge < -0.3 is 4.74 Å². The maximum Gasteiger partial charge on any atom is 0.333 e. The van der Waals surface area contributed by atoms with Crippen molar-refractivity contribution in [1.82, 2.24) is 0 Å². The second-order valence-electron chi connectivity index (χ2n) is 2.80. The van der Waals surface area contributed by atoms with Gasteiger partial charge in [0.25, 0.3) is 0 Å². The zero-order valence-electron chi connectivity index (χ0n) is 7.88. The highest BCUT2D eigenvalue weighted by molar-refractivity contribution is 5.86. The molecule has 0 rings (SSSR count). The number of unbranched alkanes of at least 4 members (excludes halogenated alkanes) is 2. The van der Waals surface area contributed by atoms with Crippen molar-refractivity contribution in [2.45, 2.75) is 26.2 Å². The van der Waals surface area contributed by atoms with Gasteiger partial charge in [0.1, 0.15) is 0 Å². The Hall–Kier alpha value is -0.870. The number of carbonyl (C=O) groups excluding carboxylic acids is 1. The second-order valence-corrected chi connectivity index (χ2v) is 2.80. The van der Waals surface area contributed by atoms with Crippen LogP contribution in [-0.4, -0.2) is 19.2 Å². The summed E-state index contributed by atoms with van der Waals surface area (Å²) in [6.07, 6.45) is 2.28. The van der Waals surface area contributed by atoms with E-state index in [-0.39, 0.29) is 12.6 Å². The lowest BCUT2D eigenvalue weighted by Gasteiger charge is -2.02. The van der Waals surface area contributed by atoms with Crippen molar-refractivity contribution in [1.29, 1.82) is 0 Å². The topological polar surface area (TPSA) is 55.4 Å². The van der Waals surface area contributed by atoms with Gasteiger partial charge in [0.15, 0.2) is 0 Å². The fourth-order valence-electron chi connectivity index (χ4n) is 0.728. The molecule has 0 aromatic rings. The van der Waals surface area contributed by atoms with Gasteiger partial charge in [0, 0.05) is 5.57 Å². The van der Waals surface area contributed by atoms with E-state index in [0.29, 0.717) is 18.6 Å². The van der Waals surface area contributed by atoms with Gasteiger partial charge in [-0.05, 0) is 31.4 Å². The predicted octanol–water partition coefficient (Wildman–Crippen LogP) is 1.64. The van der Waals surface area contributed by atoms with Crippen LogP contribution in [0.3, 0.4) is 0 Å². The lowest BCUT2D eigenvalue weighted by atomic mass is 10.2. The van der Waals surface area contributed by atoms with E-state index in [0.717, 1.165) is 12.8 Å². The van der Waals surface area contributed by atoms with Gasteiger partial charge in [-0.3, -0.25) is 0 Å². The van der Waals surface area contributed by atoms with Crippen molar-refractivity contribution in [3.63, 3.8) is 0 Å². The Morgan fingerprint density at radius 3 is 2.38 bits per heavy atom. The van der Waals surface area contributed by atoms with Crippen LogP contribution in [0.5, 0.6) is 0 Å². The largest absolute Gasteiger partial charge is 0.462 e. The molecule has 4 nitrogen and oxygen atoms in total. The Bertz CT molecular complexity index is 165. The molecule has 0 aliphatic rings. The van der Waals surface area contributed by atoms with Crippen LogP contribution in [0.1, 0.15) is 26.2 Å². The first-order valence-electron chi connectivity index (χ1n) is 4.26. The summed E-state index contributed by atoms with van der Waals surface area (Å²) in [5.74, 6) is -0.361. The quantitative estimate of drug-likeness (QED) is 0.200. The fraction of sp³-hybridized carbons (Fsp3) is 0.667. The Labute approximate surface area is 78.1 Å². The molecule has 0 heterocycles. The number of esters is 1. The standard InChI is InChI=1S/C9H15O4/c1-8(2)9(10)12-6-4-3-5-7-13-11/h1,3-7H2,2H3. The minimum absolute atomic E-state index is 0.217. The highest BCUT2D eigenvalue weighted by Gasteiger charge is 2.01. The fourth-order valence-corrected chi connectivity index (χ4v) is 0.728. The summed E-state index contributed by atoms with van der Waals surface area (Å²) in [5.41, 5.74) is 0.405. The molecule has 0 aliphatic heterocycles. The van der Waals surface area contributed by atoms with Crippen molar-refractivity contribution >= 4 is 5.97 Å². The molecule has 0 aromatic carbocycles. The molecule has 4 heteroatoms. The third kappa shape index (κ3) is 7.49. The molecule has 0 saturated heterocycles. The van der Waals surface area contributed by atoms with Crippen LogP contribution in [0.15, 0.2) is 12.2 Å². The number of hydrogen-bond acceptors (Lipinski definition) is 3. The molecule has 0 unspecified atom stereocenters. The van der Waals surface area contributed by atoms with E-state index in [9.17, 15) is 10.1 Å². The third-order valence-corrected chi connectivity index (χ3v) is 1.45. The Kier molecular flexibility index (Phi) is 7.24. The summed E-state index contributed by atoms with van der Waals surface area (Å²) in [6.45, 7) is 5.65. The summed E-state index contributed by atoms with van der Waals surface area (Å²) in [7, 11) is 0. The van der Waals surface area contributed by atoms with Crippen LogP contribution in [-0.2, 0) is 19.7 Å². The Morgan fingerprint density at radius 1 is 1.23 bits per heavy atom. The van der Waals surface area contributed by atoms with Crippen LogP contribution in [0.25, 0.3) is 0 Å². The van der Waals surface area contributed by atoms with E-state index in [1.165, 1.54) is 0 Å². The third-order valence-electron chi connectivity index (χ3n) is 1.45. The lowest BCUT2D eigenvalue weighted by Crippen LogP contribution is -2.06. The minimum atomic E-state index is -0.361. The first-order valence-corrected chi connectivity index (χ1v) is 4.26. The van der Waals surface area contributed by atoms with Crippen LogP contribution >= 0.6 is 0 Å². The highest BCUT2D eigenvalue weighted by atomic mass is 17.1. The summed E-state index contributed by atoms with van der Waals surface area (Å²) in [4.78, 5) is 14.5. The zero-order valence-corrected chi connectivity index (χ0v) is 7.88. The van der Waals surface area contributed by atoms with Crippen LogP contribution in [0.2, 0.25) is 0 Å². The summed E-state index contributed by atoms with van der Waals surface area (Å²) in [5, 5.41) is 9.56. The van der Waals surface area contributed by atoms with Crippen molar-refractivity contribution < 1.29 is 19.7 Å².